The van der Waals surface area contributed by atoms with Gasteiger partial charge >= 0.3 is 0 Å². The zero-order chi connectivity index (χ0) is 33.3. The molecule has 2 amide bonds. The van der Waals surface area contributed by atoms with Crippen LogP contribution >= 0.6 is 0 Å². The SMILES string of the molecule is Cc1ccc(CN(C(=O)CN(c2ccc(C34CC5CC(CC(C5)C3)C4)cc2)S(C)(=O)=O)[C@H](Cc2ccccc2)C(=O)NC(C)C)cc1. The highest BCUT2D eigenvalue weighted by Gasteiger charge is 2.51. The van der Waals surface area contributed by atoms with Gasteiger partial charge in [0.15, 0.2) is 0 Å². The molecule has 4 fully saturated rings. The van der Waals surface area contributed by atoms with Crippen LogP contribution in [0.5, 0.6) is 0 Å². The Morgan fingerprint density at radius 3 is 1.94 bits per heavy atom. The fraction of sp³-hybridized carbons (Fsp3) is 0.487. The highest BCUT2D eigenvalue weighted by Crippen LogP contribution is 2.60. The van der Waals surface area contributed by atoms with Crippen molar-refractivity contribution in [2.45, 2.75) is 89.8 Å². The molecule has 0 heterocycles. The first-order chi connectivity index (χ1) is 22.4. The summed E-state index contributed by atoms with van der Waals surface area (Å²) in [6, 6.07) is 24.5. The van der Waals surface area contributed by atoms with Gasteiger partial charge in [0.1, 0.15) is 12.6 Å². The minimum atomic E-state index is -3.82. The summed E-state index contributed by atoms with van der Waals surface area (Å²) in [7, 11) is -3.82. The van der Waals surface area contributed by atoms with E-state index in [1.54, 1.807) is 4.90 Å². The summed E-state index contributed by atoms with van der Waals surface area (Å²) < 4.78 is 27.8. The first-order valence-corrected chi connectivity index (χ1v) is 19.0. The second-order valence-corrected chi connectivity index (χ2v) is 16.8. The topological polar surface area (TPSA) is 86.8 Å². The molecule has 250 valence electrons. The van der Waals surface area contributed by atoms with Crippen LogP contribution < -0.4 is 9.62 Å². The van der Waals surface area contributed by atoms with Crippen LogP contribution in [0.4, 0.5) is 5.69 Å². The van der Waals surface area contributed by atoms with Crippen molar-refractivity contribution >= 4 is 27.5 Å². The molecule has 47 heavy (non-hydrogen) atoms. The maximum atomic E-state index is 14.4. The second kappa shape index (κ2) is 13.5. The number of benzene rings is 3. The average molecular weight is 656 g/mol. The molecular formula is C39H49N3O4S. The Morgan fingerprint density at radius 2 is 1.40 bits per heavy atom. The minimum absolute atomic E-state index is 0.128. The normalized spacial score (nSPS) is 23.8. The fourth-order valence-electron chi connectivity index (χ4n) is 8.88. The monoisotopic (exact) mass is 655 g/mol. The first-order valence-electron chi connectivity index (χ1n) is 17.2. The van der Waals surface area contributed by atoms with E-state index in [-0.39, 0.29) is 23.9 Å². The van der Waals surface area contributed by atoms with Crippen molar-refractivity contribution < 1.29 is 18.0 Å². The number of carbonyl (C=O) groups excluding carboxylic acids is 2. The molecule has 0 radical (unpaired) electrons. The molecule has 1 atom stereocenters. The predicted octanol–water partition coefficient (Wildman–Crippen LogP) is 6.39. The maximum absolute atomic E-state index is 14.4. The highest BCUT2D eigenvalue weighted by atomic mass is 32.2. The van der Waals surface area contributed by atoms with Crippen molar-refractivity contribution in [1.29, 1.82) is 0 Å². The van der Waals surface area contributed by atoms with Gasteiger partial charge in [-0.05, 0) is 111 Å². The summed E-state index contributed by atoms with van der Waals surface area (Å²) in [5.41, 5.74) is 4.83. The van der Waals surface area contributed by atoms with Crippen molar-refractivity contribution in [3.63, 3.8) is 0 Å². The number of rotatable bonds is 12. The van der Waals surface area contributed by atoms with Crippen LogP contribution in [0.25, 0.3) is 0 Å². The summed E-state index contributed by atoms with van der Waals surface area (Å²) >= 11 is 0. The summed E-state index contributed by atoms with van der Waals surface area (Å²) in [6.07, 6.45) is 9.20. The molecule has 1 N–H and O–H groups in total. The first kappa shape index (κ1) is 33.3. The van der Waals surface area contributed by atoms with Crippen LogP contribution in [0.15, 0.2) is 78.9 Å². The van der Waals surface area contributed by atoms with Gasteiger partial charge in [-0.15, -0.1) is 0 Å². The zero-order valence-corrected chi connectivity index (χ0v) is 29.0. The highest BCUT2D eigenvalue weighted by molar-refractivity contribution is 7.92. The number of hydrogen-bond donors (Lipinski definition) is 1. The average Bonchev–Trinajstić information content (AvgIpc) is 3.01. The Bertz CT molecular complexity index is 1630. The molecule has 4 saturated carbocycles. The van der Waals surface area contributed by atoms with Crippen LogP contribution in [0.1, 0.15) is 74.6 Å². The second-order valence-electron chi connectivity index (χ2n) is 14.9. The van der Waals surface area contributed by atoms with Crippen molar-refractivity contribution in [2.75, 3.05) is 17.1 Å². The summed E-state index contributed by atoms with van der Waals surface area (Å²) in [5, 5.41) is 3.00. The van der Waals surface area contributed by atoms with Gasteiger partial charge < -0.3 is 10.2 Å². The zero-order valence-electron chi connectivity index (χ0n) is 28.2. The molecule has 4 aliphatic rings. The largest absolute Gasteiger partial charge is 0.352 e. The number of nitrogens with one attached hydrogen (secondary N) is 1. The summed E-state index contributed by atoms with van der Waals surface area (Å²) in [5.74, 6) is 1.73. The lowest BCUT2D eigenvalue weighted by Gasteiger charge is -2.57. The number of hydrogen-bond acceptors (Lipinski definition) is 4. The molecule has 0 aliphatic heterocycles. The van der Waals surface area contributed by atoms with E-state index in [1.807, 2.05) is 87.5 Å². The lowest BCUT2D eigenvalue weighted by atomic mass is 9.48. The van der Waals surface area contributed by atoms with E-state index in [0.29, 0.717) is 12.1 Å². The molecule has 0 saturated heterocycles. The molecule has 0 spiro atoms. The molecule has 3 aromatic rings. The number of aryl methyl sites for hydroxylation is 1. The molecule has 0 unspecified atom stereocenters. The van der Waals surface area contributed by atoms with Gasteiger partial charge in [0.05, 0.1) is 11.9 Å². The quantitative estimate of drug-likeness (QED) is 0.245. The minimum Gasteiger partial charge on any atom is -0.352 e. The lowest BCUT2D eigenvalue weighted by Crippen LogP contribution is -2.54. The molecule has 4 bridgehead atoms. The van der Waals surface area contributed by atoms with Crippen molar-refractivity contribution in [1.82, 2.24) is 10.2 Å². The Labute approximate surface area is 280 Å². The number of nitrogens with zero attached hydrogens (tertiary/aromatic N) is 2. The number of amides is 2. The molecular weight excluding hydrogens is 607 g/mol. The molecule has 8 heteroatoms. The predicted molar refractivity (Wildman–Crippen MR) is 187 cm³/mol. The smallest absolute Gasteiger partial charge is 0.244 e. The maximum Gasteiger partial charge on any atom is 0.244 e. The standard InChI is InChI=1S/C39H49N3O4S/c1-27(2)40-38(44)36(21-29-8-6-5-7-9-29)41(25-30-12-10-28(3)11-13-30)37(43)26-42(47(4,45)46)35-16-14-34(15-17-35)39-22-31-18-32(23-39)20-33(19-31)24-39/h5-17,27,31-33,36H,18-26H2,1-4H3,(H,40,44)/t31?,32?,33?,36-,39?/m1/s1. The Morgan fingerprint density at radius 1 is 0.830 bits per heavy atom. The van der Waals surface area contributed by atoms with Crippen LogP contribution in [0.2, 0.25) is 0 Å². The van der Waals surface area contributed by atoms with Crippen LogP contribution in [-0.2, 0) is 38.0 Å². The van der Waals surface area contributed by atoms with Crippen LogP contribution in [0, 0.1) is 24.7 Å². The lowest BCUT2D eigenvalue weighted by molar-refractivity contribution is -0.140. The number of anilines is 1. The third kappa shape index (κ3) is 7.58. The van der Waals surface area contributed by atoms with Crippen molar-refractivity contribution in [3.05, 3.63) is 101 Å². The van der Waals surface area contributed by atoms with E-state index >= 15 is 0 Å². The van der Waals surface area contributed by atoms with Crippen LogP contribution in [0.3, 0.4) is 0 Å². The molecule has 0 aromatic heterocycles. The van der Waals surface area contributed by atoms with Gasteiger partial charge in [-0.2, -0.15) is 0 Å². The number of carbonyl (C=O) groups is 2. The van der Waals surface area contributed by atoms with Gasteiger partial charge in [0, 0.05) is 19.0 Å². The van der Waals surface area contributed by atoms with E-state index in [4.69, 9.17) is 0 Å². The Hall–Kier alpha value is -3.65. The van der Waals surface area contributed by atoms with E-state index in [1.165, 1.54) is 48.4 Å². The summed E-state index contributed by atoms with van der Waals surface area (Å²) in [4.78, 5) is 29.7. The third-order valence-corrected chi connectivity index (χ3v) is 11.8. The Kier molecular flexibility index (Phi) is 9.52. The summed E-state index contributed by atoms with van der Waals surface area (Å²) in [6.45, 7) is 5.55. The van der Waals surface area contributed by atoms with Gasteiger partial charge in [-0.25, -0.2) is 8.42 Å². The van der Waals surface area contributed by atoms with E-state index in [2.05, 4.69) is 17.4 Å². The molecule has 7 nitrogen and oxygen atoms in total. The molecule has 7 rings (SSSR count). The third-order valence-electron chi connectivity index (χ3n) is 10.7. The molecule has 4 aliphatic carbocycles. The van der Waals surface area contributed by atoms with Gasteiger partial charge in [-0.3, -0.25) is 13.9 Å². The van der Waals surface area contributed by atoms with Crippen LogP contribution in [-0.4, -0.2) is 50.0 Å². The Balaban J connectivity index is 1.30. The number of sulfonamides is 1. The van der Waals surface area contributed by atoms with Crippen molar-refractivity contribution in [3.8, 4) is 0 Å². The fourth-order valence-corrected chi connectivity index (χ4v) is 9.73. The van der Waals surface area contributed by atoms with Crippen molar-refractivity contribution in [2.24, 2.45) is 17.8 Å². The molecule has 3 aromatic carbocycles. The van der Waals surface area contributed by atoms with E-state index < -0.39 is 28.5 Å². The van der Waals surface area contributed by atoms with Gasteiger partial charge in [0.25, 0.3) is 0 Å². The van der Waals surface area contributed by atoms with Gasteiger partial charge in [0.2, 0.25) is 21.8 Å². The van der Waals surface area contributed by atoms with E-state index in [9.17, 15) is 18.0 Å². The van der Waals surface area contributed by atoms with E-state index in [0.717, 1.165) is 40.7 Å². The van der Waals surface area contributed by atoms with Gasteiger partial charge in [-0.1, -0.05) is 72.3 Å².